The first kappa shape index (κ1) is 23.7. The van der Waals surface area contributed by atoms with Crippen molar-refractivity contribution in [3.63, 3.8) is 0 Å². The van der Waals surface area contributed by atoms with E-state index in [1.807, 2.05) is 0 Å². The van der Waals surface area contributed by atoms with Crippen molar-refractivity contribution in [3.05, 3.63) is 28.3 Å². The van der Waals surface area contributed by atoms with E-state index in [1.54, 1.807) is 30.2 Å². The minimum absolute atomic E-state index is 0.00829. The predicted molar refractivity (Wildman–Crippen MR) is 119 cm³/mol. The SMILES string of the molecule is CO[C@H]1C[C@@H](NC(=O)OC(C)(C)C)N(c2nc3c(cc2F)c(=O)c(OC(=O)O)cn3C2CC2)C1. The van der Waals surface area contributed by atoms with E-state index in [0.717, 1.165) is 18.9 Å². The van der Waals surface area contributed by atoms with Crippen molar-refractivity contribution >= 4 is 29.1 Å². The van der Waals surface area contributed by atoms with Crippen LogP contribution >= 0.6 is 0 Å². The van der Waals surface area contributed by atoms with E-state index in [2.05, 4.69) is 15.0 Å². The van der Waals surface area contributed by atoms with Crippen LogP contribution in [0, 0.1) is 5.82 Å². The molecule has 2 N–H and O–H groups in total. The lowest BCUT2D eigenvalue weighted by atomic mass is 10.2. The number of alkyl carbamates (subject to hydrolysis) is 1. The molecule has 0 radical (unpaired) electrons. The van der Waals surface area contributed by atoms with E-state index in [4.69, 9.17) is 14.6 Å². The average molecular weight is 478 g/mol. The topological polar surface area (TPSA) is 132 Å². The number of halogens is 1. The second-order valence-electron chi connectivity index (χ2n) is 9.40. The van der Waals surface area contributed by atoms with Crippen LogP contribution in [0.4, 0.5) is 19.8 Å². The van der Waals surface area contributed by atoms with Gasteiger partial charge in [-0.3, -0.25) is 4.79 Å². The molecular weight excluding hydrogens is 451 g/mol. The molecule has 2 aromatic rings. The van der Waals surface area contributed by atoms with Crippen molar-refractivity contribution in [2.75, 3.05) is 18.6 Å². The summed E-state index contributed by atoms with van der Waals surface area (Å²) < 4.78 is 32.3. The highest BCUT2D eigenvalue weighted by atomic mass is 19.1. The number of nitrogens with zero attached hydrogens (tertiary/aromatic N) is 3. The highest BCUT2D eigenvalue weighted by Gasteiger charge is 2.37. The van der Waals surface area contributed by atoms with Gasteiger partial charge in [0.1, 0.15) is 17.4 Å². The van der Waals surface area contributed by atoms with Crippen LogP contribution in [0.1, 0.15) is 46.1 Å². The Kier molecular flexibility index (Phi) is 6.11. The van der Waals surface area contributed by atoms with Crippen molar-refractivity contribution < 1.29 is 33.3 Å². The predicted octanol–water partition coefficient (Wildman–Crippen LogP) is 3.00. The Morgan fingerprint density at radius 3 is 2.59 bits per heavy atom. The summed E-state index contributed by atoms with van der Waals surface area (Å²) in [7, 11) is 1.53. The molecule has 0 spiro atoms. The van der Waals surface area contributed by atoms with Gasteiger partial charge in [-0.1, -0.05) is 0 Å². The number of aromatic nitrogens is 2. The smallest absolute Gasteiger partial charge is 0.449 e. The molecule has 1 amide bonds. The summed E-state index contributed by atoms with van der Waals surface area (Å²) in [5.74, 6) is -1.27. The zero-order valence-corrected chi connectivity index (χ0v) is 19.3. The molecule has 0 bridgehead atoms. The van der Waals surface area contributed by atoms with Gasteiger partial charge in [0.2, 0.25) is 5.43 Å². The molecule has 11 nitrogen and oxygen atoms in total. The van der Waals surface area contributed by atoms with Crippen molar-refractivity contribution in [2.45, 2.75) is 63.9 Å². The van der Waals surface area contributed by atoms with E-state index in [9.17, 15) is 14.4 Å². The quantitative estimate of drug-likeness (QED) is 0.622. The molecule has 2 atom stereocenters. The van der Waals surface area contributed by atoms with Crippen LogP contribution in [0.5, 0.6) is 5.75 Å². The number of hydrogen-bond acceptors (Lipinski definition) is 8. The van der Waals surface area contributed by atoms with Gasteiger partial charge < -0.3 is 34.1 Å². The third-order valence-corrected chi connectivity index (χ3v) is 5.60. The molecule has 2 fully saturated rings. The fourth-order valence-electron chi connectivity index (χ4n) is 3.99. The number of carbonyl (C=O) groups excluding carboxylic acids is 1. The fourth-order valence-corrected chi connectivity index (χ4v) is 3.99. The number of rotatable bonds is 5. The molecule has 34 heavy (non-hydrogen) atoms. The van der Waals surface area contributed by atoms with Crippen LogP contribution in [0.2, 0.25) is 0 Å². The maximum atomic E-state index is 15.3. The molecule has 0 unspecified atom stereocenters. The summed E-state index contributed by atoms with van der Waals surface area (Å²) >= 11 is 0. The van der Waals surface area contributed by atoms with E-state index in [-0.39, 0.29) is 35.5 Å². The minimum Gasteiger partial charge on any atom is -0.449 e. The first-order valence-electron chi connectivity index (χ1n) is 10.9. The number of ether oxygens (including phenoxy) is 3. The van der Waals surface area contributed by atoms with Gasteiger partial charge in [0.15, 0.2) is 17.4 Å². The second-order valence-corrected chi connectivity index (χ2v) is 9.40. The molecule has 1 aliphatic heterocycles. The number of pyridine rings is 2. The van der Waals surface area contributed by atoms with Crippen molar-refractivity contribution in [1.29, 1.82) is 0 Å². The molecule has 2 aromatic heterocycles. The summed E-state index contributed by atoms with van der Waals surface area (Å²) in [5, 5.41) is 11.6. The Morgan fingerprint density at radius 2 is 2.00 bits per heavy atom. The van der Waals surface area contributed by atoms with Gasteiger partial charge in [-0.2, -0.15) is 0 Å². The lowest BCUT2D eigenvalue weighted by molar-refractivity contribution is 0.0497. The number of carboxylic acid groups (broad SMARTS) is 1. The van der Waals surface area contributed by atoms with Crippen LogP contribution in [-0.2, 0) is 9.47 Å². The van der Waals surface area contributed by atoms with Crippen LogP contribution in [-0.4, -0.2) is 58.4 Å². The second kappa shape index (κ2) is 8.75. The monoisotopic (exact) mass is 478 g/mol. The number of nitrogens with one attached hydrogen (secondary N) is 1. The normalized spacial score (nSPS) is 20.4. The number of fused-ring (bicyclic) bond motifs is 1. The Balaban J connectivity index is 1.76. The highest BCUT2D eigenvalue weighted by molar-refractivity contribution is 5.80. The van der Waals surface area contributed by atoms with Crippen molar-refractivity contribution in [1.82, 2.24) is 14.9 Å². The van der Waals surface area contributed by atoms with Crippen molar-refractivity contribution in [3.8, 4) is 5.75 Å². The Hall–Kier alpha value is -3.41. The maximum absolute atomic E-state index is 15.3. The fraction of sp³-hybridized carbons (Fsp3) is 0.545. The molecule has 1 saturated carbocycles. The average Bonchev–Trinajstić information content (AvgIpc) is 3.49. The van der Waals surface area contributed by atoms with Gasteiger partial charge in [-0.15, -0.1) is 0 Å². The molecule has 3 heterocycles. The third-order valence-electron chi connectivity index (χ3n) is 5.60. The summed E-state index contributed by atoms with van der Waals surface area (Å²) in [6, 6.07) is 1.02. The van der Waals surface area contributed by atoms with E-state index in [0.29, 0.717) is 6.42 Å². The number of anilines is 1. The van der Waals surface area contributed by atoms with E-state index < -0.39 is 41.0 Å². The van der Waals surface area contributed by atoms with E-state index in [1.165, 1.54) is 13.3 Å². The number of hydrogen-bond donors (Lipinski definition) is 2. The lowest BCUT2D eigenvalue weighted by Crippen LogP contribution is -2.47. The number of methoxy groups -OCH3 is 1. The molecular formula is C22H27FN4O7. The van der Waals surface area contributed by atoms with Crippen LogP contribution in [0.3, 0.4) is 0 Å². The van der Waals surface area contributed by atoms with Gasteiger partial charge in [0.05, 0.1) is 17.7 Å². The minimum atomic E-state index is -1.64. The summed E-state index contributed by atoms with van der Waals surface area (Å²) in [5.41, 5.74) is -1.28. The van der Waals surface area contributed by atoms with Gasteiger partial charge in [0.25, 0.3) is 0 Å². The summed E-state index contributed by atoms with van der Waals surface area (Å²) in [6.45, 7) is 5.46. The Labute approximate surface area is 194 Å². The highest BCUT2D eigenvalue weighted by Crippen LogP contribution is 2.38. The zero-order chi connectivity index (χ0) is 24.8. The molecule has 12 heteroatoms. The Morgan fingerprint density at radius 1 is 1.29 bits per heavy atom. The van der Waals surface area contributed by atoms with Gasteiger partial charge >= 0.3 is 12.2 Å². The molecule has 184 valence electrons. The van der Waals surface area contributed by atoms with Crippen LogP contribution in [0.25, 0.3) is 11.0 Å². The van der Waals surface area contributed by atoms with Crippen LogP contribution < -0.4 is 20.4 Å². The molecule has 1 aliphatic carbocycles. The number of carbonyl (C=O) groups is 2. The molecule has 1 saturated heterocycles. The molecule has 4 rings (SSSR count). The van der Waals surface area contributed by atoms with Crippen LogP contribution in [0.15, 0.2) is 17.1 Å². The van der Waals surface area contributed by atoms with Gasteiger partial charge in [0, 0.05) is 26.1 Å². The van der Waals surface area contributed by atoms with Crippen molar-refractivity contribution in [2.24, 2.45) is 0 Å². The lowest BCUT2D eigenvalue weighted by Gasteiger charge is -2.28. The maximum Gasteiger partial charge on any atom is 0.511 e. The standard InChI is InChI=1S/C22H27FN4O7/c1-22(2,3)34-20(29)24-16-7-12(32-4)9-27(16)19-14(23)8-13-17(28)15(33-21(30)31)10-26(11-5-6-11)18(13)25-19/h8,10-12,16H,5-7,9H2,1-4H3,(H,24,29)(H,30,31)/t12-,16-/m0/s1. The van der Waals surface area contributed by atoms with E-state index >= 15 is 4.39 Å². The largest absolute Gasteiger partial charge is 0.511 e. The van der Waals surface area contributed by atoms with Gasteiger partial charge in [-0.25, -0.2) is 19.0 Å². The first-order chi connectivity index (χ1) is 16.0. The van der Waals surface area contributed by atoms with Gasteiger partial charge in [-0.05, 0) is 39.7 Å². The first-order valence-corrected chi connectivity index (χ1v) is 10.9. The molecule has 0 aromatic carbocycles. The zero-order valence-electron chi connectivity index (χ0n) is 19.3. The Bertz CT molecular complexity index is 1190. The summed E-state index contributed by atoms with van der Waals surface area (Å²) in [6.07, 6.45) is 0.0187. The molecule has 2 aliphatic rings. The third kappa shape index (κ3) is 4.91. The summed E-state index contributed by atoms with van der Waals surface area (Å²) in [4.78, 5) is 42.2. The number of amides is 1.